The van der Waals surface area contributed by atoms with Gasteiger partial charge in [-0.2, -0.15) is 0 Å². The molecule has 1 spiro atoms. The average molecular weight is 643 g/mol. The Kier molecular flexibility index (Phi) is 5.26. The van der Waals surface area contributed by atoms with Crippen LogP contribution in [0, 0.1) is 0 Å². The second kappa shape index (κ2) is 9.81. The molecule has 0 unspecified atom stereocenters. The molecule has 12 rings (SSSR count). The van der Waals surface area contributed by atoms with Crippen LogP contribution in [0.1, 0.15) is 22.3 Å². The first-order valence-corrected chi connectivity index (χ1v) is 17.9. The van der Waals surface area contributed by atoms with Gasteiger partial charge in [0.1, 0.15) is 0 Å². The second-order valence-corrected chi connectivity index (χ2v) is 14.3. The van der Waals surface area contributed by atoms with Crippen molar-refractivity contribution in [3.05, 3.63) is 204 Å². The van der Waals surface area contributed by atoms with Crippen LogP contribution in [0.4, 0.5) is 0 Å². The summed E-state index contributed by atoms with van der Waals surface area (Å²) in [7, 11) is 0. The predicted octanol–water partition coefficient (Wildman–Crippen LogP) is 13.5. The Morgan fingerprint density at radius 3 is 1.31 bits per heavy atom. The molecule has 0 aliphatic heterocycles. The van der Waals surface area contributed by atoms with Gasteiger partial charge in [0.15, 0.2) is 0 Å². The van der Waals surface area contributed by atoms with E-state index in [-0.39, 0.29) is 0 Å². The molecule has 0 atom stereocenters. The topological polar surface area (TPSA) is 0 Å². The monoisotopic (exact) mass is 642 g/mol. The standard InChI is InChI=1S/C51H30/c1-2-16-32-31(15-1)29-43(36-20-4-3-17-33(32)36)44-30-47-48(40-24-8-6-21-37(40)44)49-41-25-9-5-18-34(41)35-19-7-10-26-42(35)50(49)51(47)45-27-13-11-22-38(45)39-23-12-14-28-46(39)51/h1-30H. The fraction of sp³-hybridized carbons (Fsp3) is 0.0196. The Morgan fingerprint density at radius 1 is 0.255 bits per heavy atom. The van der Waals surface area contributed by atoms with Crippen LogP contribution in [-0.2, 0) is 5.41 Å². The molecule has 0 heterocycles. The number of benzene rings is 10. The van der Waals surface area contributed by atoms with Gasteiger partial charge in [0.25, 0.3) is 0 Å². The van der Waals surface area contributed by atoms with Gasteiger partial charge in [0.2, 0.25) is 0 Å². The van der Waals surface area contributed by atoms with Crippen molar-refractivity contribution in [1.29, 1.82) is 0 Å². The largest absolute Gasteiger partial charge is 0.0732 e. The summed E-state index contributed by atoms with van der Waals surface area (Å²) in [5.41, 5.74) is 13.0. The molecule has 0 N–H and O–H groups in total. The van der Waals surface area contributed by atoms with Gasteiger partial charge in [-0.15, -0.1) is 0 Å². The van der Waals surface area contributed by atoms with Crippen LogP contribution in [0.3, 0.4) is 0 Å². The minimum Gasteiger partial charge on any atom is -0.0619 e. The highest BCUT2D eigenvalue weighted by atomic mass is 14.5. The zero-order chi connectivity index (χ0) is 33.3. The van der Waals surface area contributed by atoms with Gasteiger partial charge < -0.3 is 0 Å². The molecular weight excluding hydrogens is 613 g/mol. The normalized spacial score (nSPS) is 13.6. The van der Waals surface area contributed by atoms with Gasteiger partial charge in [0.05, 0.1) is 5.41 Å². The molecule has 234 valence electrons. The summed E-state index contributed by atoms with van der Waals surface area (Å²) in [6, 6.07) is 68.6. The third-order valence-corrected chi connectivity index (χ3v) is 12.0. The average Bonchev–Trinajstić information content (AvgIpc) is 3.68. The first-order chi connectivity index (χ1) is 25.3. The van der Waals surface area contributed by atoms with Gasteiger partial charge in [-0.3, -0.25) is 0 Å². The van der Waals surface area contributed by atoms with Crippen LogP contribution in [0.25, 0.3) is 87.2 Å². The third kappa shape index (κ3) is 3.31. The fourth-order valence-corrected chi connectivity index (χ4v) is 10.2. The molecule has 0 aromatic heterocycles. The molecule has 10 aromatic rings. The third-order valence-electron chi connectivity index (χ3n) is 12.0. The van der Waals surface area contributed by atoms with E-state index < -0.39 is 5.41 Å². The Bertz CT molecular complexity index is 3100. The van der Waals surface area contributed by atoms with E-state index in [0.29, 0.717) is 0 Å². The van der Waals surface area contributed by atoms with E-state index in [1.54, 1.807) is 0 Å². The second-order valence-electron chi connectivity index (χ2n) is 14.3. The lowest BCUT2D eigenvalue weighted by Gasteiger charge is -2.32. The highest BCUT2D eigenvalue weighted by Gasteiger charge is 2.53. The van der Waals surface area contributed by atoms with Crippen LogP contribution >= 0.6 is 0 Å². The van der Waals surface area contributed by atoms with Crippen LogP contribution in [0.15, 0.2) is 182 Å². The maximum atomic E-state index is 2.59. The van der Waals surface area contributed by atoms with Crippen molar-refractivity contribution >= 4 is 53.9 Å². The highest BCUT2D eigenvalue weighted by Crippen LogP contribution is 2.67. The Balaban J connectivity index is 1.36. The molecule has 0 amide bonds. The minimum atomic E-state index is -0.493. The lowest BCUT2D eigenvalue weighted by molar-refractivity contribution is 0.803. The van der Waals surface area contributed by atoms with Crippen molar-refractivity contribution in [2.24, 2.45) is 0 Å². The summed E-state index contributed by atoms with van der Waals surface area (Å²) < 4.78 is 0. The Morgan fingerprint density at radius 2 is 0.667 bits per heavy atom. The Labute approximate surface area is 295 Å². The van der Waals surface area contributed by atoms with Crippen LogP contribution < -0.4 is 0 Å². The van der Waals surface area contributed by atoms with E-state index in [1.165, 1.54) is 109 Å². The summed E-state index contributed by atoms with van der Waals surface area (Å²) >= 11 is 0. The van der Waals surface area contributed by atoms with Gasteiger partial charge in [0, 0.05) is 0 Å². The predicted molar refractivity (Wildman–Crippen MR) is 216 cm³/mol. The minimum absolute atomic E-state index is 0.493. The van der Waals surface area contributed by atoms with Crippen molar-refractivity contribution in [2.45, 2.75) is 5.41 Å². The lowest BCUT2D eigenvalue weighted by atomic mass is 9.68. The van der Waals surface area contributed by atoms with Crippen molar-refractivity contribution in [1.82, 2.24) is 0 Å². The number of rotatable bonds is 1. The zero-order valence-electron chi connectivity index (χ0n) is 27.8. The van der Waals surface area contributed by atoms with Crippen molar-refractivity contribution in [2.75, 3.05) is 0 Å². The van der Waals surface area contributed by atoms with E-state index in [0.717, 1.165) is 0 Å². The molecule has 2 aliphatic rings. The van der Waals surface area contributed by atoms with E-state index in [2.05, 4.69) is 182 Å². The maximum Gasteiger partial charge on any atom is 0.0732 e. The van der Waals surface area contributed by atoms with Gasteiger partial charge in [-0.25, -0.2) is 0 Å². The molecule has 0 fully saturated rings. The molecule has 0 saturated heterocycles. The molecule has 0 heteroatoms. The summed E-state index contributed by atoms with van der Waals surface area (Å²) in [5, 5.41) is 13.0. The number of hydrogen-bond donors (Lipinski definition) is 0. The van der Waals surface area contributed by atoms with E-state index in [9.17, 15) is 0 Å². The van der Waals surface area contributed by atoms with Crippen LogP contribution in [0.5, 0.6) is 0 Å². The SMILES string of the molecule is c1ccc2c(c1)-c1ccccc1C21c2cc(-c3cc4ccccc4c4ccccc34)c3ccccc3c2-c2c1c1ccccc1c1ccccc21. The summed E-state index contributed by atoms with van der Waals surface area (Å²) in [5.74, 6) is 0. The van der Waals surface area contributed by atoms with Gasteiger partial charge in [-0.05, 0) is 122 Å². The maximum absolute atomic E-state index is 2.59. The first kappa shape index (κ1) is 27.3. The van der Waals surface area contributed by atoms with Crippen LogP contribution in [0.2, 0.25) is 0 Å². The quantitative estimate of drug-likeness (QED) is 0.156. The molecule has 0 radical (unpaired) electrons. The summed E-state index contributed by atoms with van der Waals surface area (Å²) in [6.07, 6.45) is 0. The van der Waals surface area contributed by atoms with Crippen molar-refractivity contribution in [3.63, 3.8) is 0 Å². The van der Waals surface area contributed by atoms with Crippen molar-refractivity contribution < 1.29 is 0 Å². The Hall–Kier alpha value is -6.50. The van der Waals surface area contributed by atoms with E-state index in [1.807, 2.05) is 0 Å². The van der Waals surface area contributed by atoms with Gasteiger partial charge in [-0.1, -0.05) is 170 Å². The number of fused-ring (bicyclic) bond motifs is 20. The molecule has 0 bridgehead atoms. The van der Waals surface area contributed by atoms with Crippen LogP contribution in [-0.4, -0.2) is 0 Å². The molecule has 10 aromatic carbocycles. The molecular formula is C51H30. The molecule has 0 nitrogen and oxygen atoms in total. The fourth-order valence-electron chi connectivity index (χ4n) is 10.2. The molecule has 0 saturated carbocycles. The zero-order valence-corrected chi connectivity index (χ0v) is 27.8. The summed E-state index contributed by atoms with van der Waals surface area (Å²) in [6.45, 7) is 0. The van der Waals surface area contributed by atoms with Crippen molar-refractivity contribution in [3.8, 4) is 33.4 Å². The van der Waals surface area contributed by atoms with E-state index in [4.69, 9.17) is 0 Å². The smallest absolute Gasteiger partial charge is 0.0619 e. The number of hydrogen-bond acceptors (Lipinski definition) is 0. The molecule has 2 aliphatic carbocycles. The molecule has 51 heavy (non-hydrogen) atoms. The van der Waals surface area contributed by atoms with E-state index >= 15 is 0 Å². The first-order valence-electron chi connectivity index (χ1n) is 17.9. The lowest BCUT2D eigenvalue weighted by Crippen LogP contribution is -2.26. The summed E-state index contributed by atoms with van der Waals surface area (Å²) in [4.78, 5) is 0. The van der Waals surface area contributed by atoms with Gasteiger partial charge >= 0.3 is 0 Å². The highest BCUT2D eigenvalue weighted by molar-refractivity contribution is 6.25.